The second-order valence-corrected chi connectivity index (χ2v) is 5.99. The van der Waals surface area contributed by atoms with Crippen molar-refractivity contribution in [3.8, 4) is 0 Å². The van der Waals surface area contributed by atoms with Crippen molar-refractivity contribution in [1.29, 1.82) is 0 Å². The van der Waals surface area contributed by atoms with Crippen LogP contribution in [0.4, 0.5) is 5.69 Å². The smallest absolute Gasteiger partial charge is 0.224 e. The Hall–Kier alpha value is -0.580. The average Bonchev–Trinajstić information content (AvgIpc) is 2.83. The Morgan fingerprint density at radius 1 is 1.24 bits per heavy atom. The Labute approximate surface area is 116 Å². The van der Waals surface area contributed by atoms with E-state index in [2.05, 4.69) is 27.9 Å². The number of benzene rings is 1. The van der Waals surface area contributed by atoms with E-state index in [0.717, 1.165) is 18.0 Å². The molecule has 1 fully saturated rings. The lowest BCUT2D eigenvalue weighted by atomic mass is 10.0. The number of halogens is 1. The summed E-state index contributed by atoms with van der Waals surface area (Å²) in [7, 11) is 0. The van der Waals surface area contributed by atoms with Gasteiger partial charge < -0.3 is 5.32 Å². The largest absolute Gasteiger partial charge is 0.326 e. The molecule has 0 radical (unpaired) electrons. The van der Waals surface area contributed by atoms with Crippen molar-refractivity contribution < 1.29 is 4.79 Å². The molecule has 0 heterocycles. The van der Waals surface area contributed by atoms with Gasteiger partial charge in [-0.15, -0.1) is 0 Å². The predicted molar refractivity (Wildman–Crippen MR) is 79.0 cm³/mol. The van der Waals surface area contributed by atoms with Crippen LogP contribution in [-0.2, 0) is 4.79 Å². The van der Waals surface area contributed by atoms with Crippen molar-refractivity contribution in [3.05, 3.63) is 27.8 Å². The van der Waals surface area contributed by atoms with Crippen molar-refractivity contribution in [2.45, 2.75) is 38.5 Å². The van der Waals surface area contributed by atoms with E-state index in [1.165, 1.54) is 29.3 Å². The zero-order chi connectivity index (χ0) is 12.1. The van der Waals surface area contributed by atoms with Crippen molar-refractivity contribution in [1.82, 2.24) is 0 Å². The van der Waals surface area contributed by atoms with Crippen LogP contribution in [0.25, 0.3) is 0 Å². The number of hydrogen-bond donors (Lipinski definition) is 1. The zero-order valence-electron chi connectivity index (χ0n) is 9.92. The summed E-state index contributed by atoms with van der Waals surface area (Å²) in [4.78, 5) is 11.7. The van der Waals surface area contributed by atoms with Gasteiger partial charge in [0, 0.05) is 15.7 Å². The Kier molecular flexibility index (Phi) is 4.83. The molecule has 1 aromatic rings. The Morgan fingerprint density at radius 2 is 1.88 bits per heavy atom. The first-order valence-electron chi connectivity index (χ1n) is 6.29. The number of carbonyl (C=O) groups excluding carboxylic acids is 1. The lowest BCUT2D eigenvalue weighted by Gasteiger charge is -2.09. The Bertz CT molecular complexity index is 368. The average molecular weight is 343 g/mol. The number of carbonyl (C=O) groups is 1. The summed E-state index contributed by atoms with van der Waals surface area (Å²) in [5.74, 6) is 0.940. The van der Waals surface area contributed by atoms with Gasteiger partial charge in [0.05, 0.1) is 0 Å². The summed E-state index contributed by atoms with van der Waals surface area (Å²) in [6.07, 6.45) is 7.05. The van der Waals surface area contributed by atoms with E-state index < -0.39 is 0 Å². The molecule has 2 rings (SSSR count). The fourth-order valence-corrected chi connectivity index (χ4v) is 2.75. The minimum Gasteiger partial charge on any atom is -0.326 e. The molecular formula is C14H18INO. The number of amides is 1. The maximum atomic E-state index is 11.7. The molecule has 1 saturated carbocycles. The van der Waals surface area contributed by atoms with Crippen LogP contribution >= 0.6 is 22.6 Å². The molecular weight excluding hydrogens is 325 g/mol. The Balaban J connectivity index is 1.74. The van der Waals surface area contributed by atoms with Gasteiger partial charge in [-0.25, -0.2) is 0 Å². The molecule has 0 aliphatic heterocycles. The second kappa shape index (κ2) is 6.38. The highest BCUT2D eigenvalue weighted by Gasteiger charge is 2.16. The number of nitrogens with one attached hydrogen (secondary N) is 1. The van der Waals surface area contributed by atoms with Crippen LogP contribution in [-0.4, -0.2) is 5.91 Å². The van der Waals surface area contributed by atoms with Crippen molar-refractivity contribution >= 4 is 34.2 Å². The minimum atomic E-state index is 0.151. The number of rotatable bonds is 4. The molecule has 1 N–H and O–H groups in total. The maximum absolute atomic E-state index is 11.7. The summed E-state index contributed by atoms with van der Waals surface area (Å²) in [6.45, 7) is 0. The van der Waals surface area contributed by atoms with Gasteiger partial charge in [-0.1, -0.05) is 25.7 Å². The van der Waals surface area contributed by atoms with Crippen LogP contribution in [0.15, 0.2) is 24.3 Å². The summed E-state index contributed by atoms with van der Waals surface area (Å²) in [5.41, 5.74) is 0.904. The topological polar surface area (TPSA) is 29.1 Å². The first-order chi connectivity index (χ1) is 8.24. The van der Waals surface area contributed by atoms with E-state index in [9.17, 15) is 4.79 Å². The Morgan fingerprint density at radius 3 is 2.53 bits per heavy atom. The van der Waals surface area contributed by atoms with Gasteiger partial charge in [-0.2, -0.15) is 0 Å². The van der Waals surface area contributed by atoms with Crippen molar-refractivity contribution in [3.63, 3.8) is 0 Å². The quantitative estimate of drug-likeness (QED) is 0.816. The molecule has 0 unspecified atom stereocenters. The molecule has 0 atom stereocenters. The number of hydrogen-bond acceptors (Lipinski definition) is 1. The standard InChI is InChI=1S/C14H18INO/c15-12-6-8-13(9-7-12)16-14(17)10-5-11-3-1-2-4-11/h6-9,11H,1-5,10H2,(H,16,17). The molecule has 0 spiro atoms. The van der Waals surface area contributed by atoms with Crippen LogP contribution in [0.2, 0.25) is 0 Å². The lowest BCUT2D eigenvalue weighted by Crippen LogP contribution is -2.12. The van der Waals surface area contributed by atoms with Gasteiger partial charge in [-0.3, -0.25) is 4.79 Å². The molecule has 2 nitrogen and oxygen atoms in total. The van der Waals surface area contributed by atoms with Gasteiger partial charge >= 0.3 is 0 Å². The van der Waals surface area contributed by atoms with E-state index in [4.69, 9.17) is 0 Å². The molecule has 3 heteroatoms. The summed E-state index contributed by atoms with van der Waals surface area (Å²) < 4.78 is 1.19. The molecule has 0 bridgehead atoms. The van der Waals surface area contributed by atoms with E-state index in [0.29, 0.717) is 6.42 Å². The third-order valence-electron chi connectivity index (χ3n) is 3.38. The van der Waals surface area contributed by atoms with Crippen LogP contribution in [0.5, 0.6) is 0 Å². The van der Waals surface area contributed by atoms with Crippen LogP contribution < -0.4 is 5.32 Å². The highest BCUT2D eigenvalue weighted by Crippen LogP contribution is 2.28. The van der Waals surface area contributed by atoms with E-state index in [1.54, 1.807) is 0 Å². The second-order valence-electron chi connectivity index (χ2n) is 4.74. The van der Waals surface area contributed by atoms with Crippen LogP contribution in [0.1, 0.15) is 38.5 Å². The normalized spacial score (nSPS) is 16.1. The maximum Gasteiger partial charge on any atom is 0.224 e. The molecule has 0 saturated heterocycles. The van der Waals surface area contributed by atoms with E-state index >= 15 is 0 Å². The molecule has 1 aromatic carbocycles. The first-order valence-corrected chi connectivity index (χ1v) is 7.37. The van der Waals surface area contributed by atoms with Gasteiger partial charge in [0.1, 0.15) is 0 Å². The predicted octanol–water partition coefficient (Wildman–Crippen LogP) is 4.20. The third kappa shape index (κ3) is 4.30. The van der Waals surface area contributed by atoms with Gasteiger partial charge in [-0.05, 0) is 59.2 Å². The van der Waals surface area contributed by atoms with Crippen LogP contribution in [0.3, 0.4) is 0 Å². The number of anilines is 1. The fraction of sp³-hybridized carbons (Fsp3) is 0.500. The van der Waals surface area contributed by atoms with E-state index in [1.807, 2.05) is 24.3 Å². The monoisotopic (exact) mass is 343 g/mol. The highest BCUT2D eigenvalue weighted by molar-refractivity contribution is 14.1. The van der Waals surface area contributed by atoms with Crippen LogP contribution in [0, 0.1) is 9.49 Å². The molecule has 1 amide bonds. The van der Waals surface area contributed by atoms with Gasteiger partial charge in [0.15, 0.2) is 0 Å². The van der Waals surface area contributed by atoms with E-state index in [-0.39, 0.29) is 5.91 Å². The summed E-state index contributed by atoms with van der Waals surface area (Å²) in [5, 5.41) is 2.95. The summed E-state index contributed by atoms with van der Waals surface area (Å²) >= 11 is 2.26. The van der Waals surface area contributed by atoms with Gasteiger partial charge in [0.2, 0.25) is 5.91 Å². The highest BCUT2D eigenvalue weighted by atomic mass is 127. The lowest BCUT2D eigenvalue weighted by molar-refractivity contribution is -0.116. The molecule has 92 valence electrons. The molecule has 0 aromatic heterocycles. The minimum absolute atomic E-state index is 0.151. The van der Waals surface area contributed by atoms with Crippen molar-refractivity contribution in [2.75, 3.05) is 5.32 Å². The molecule has 17 heavy (non-hydrogen) atoms. The fourth-order valence-electron chi connectivity index (χ4n) is 2.39. The summed E-state index contributed by atoms with van der Waals surface area (Å²) in [6, 6.07) is 7.92. The molecule has 1 aliphatic rings. The first kappa shape index (κ1) is 12.9. The SMILES string of the molecule is O=C(CCC1CCCC1)Nc1ccc(I)cc1. The molecule has 1 aliphatic carbocycles. The third-order valence-corrected chi connectivity index (χ3v) is 4.10. The van der Waals surface area contributed by atoms with Crippen molar-refractivity contribution in [2.24, 2.45) is 5.92 Å². The van der Waals surface area contributed by atoms with Gasteiger partial charge in [0.25, 0.3) is 0 Å². The zero-order valence-corrected chi connectivity index (χ0v) is 12.1.